The number of hydrogen-bond donors (Lipinski definition) is 1. The van der Waals surface area contributed by atoms with Gasteiger partial charge in [0.15, 0.2) is 0 Å². The fourth-order valence-corrected chi connectivity index (χ4v) is 3.61. The minimum atomic E-state index is -0.584. The Bertz CT molecular complexity index is 154. The van der Waals surface area contributed by atoms with Crippen molar-refractivity contribution in [1.29, 1.82) is 0 Å². The summed E-state index contributed by atoms with van der Waals surface area (Å²) in [5.41, 5.74) is 1.39. The second-order valence-corrected chi connectivity index (χ2v) is 9.46. The minimum absolute atomic E-state index is 0.584. The van der Waals surface area contributed by atoms with Gasteiger partial charge in [-0.1, -0.05) is 0 Å². The summed E-state index contributed by atoms with van der Waals surface area (Å²) in [6.07, 6.45) is 1.28. The van der Waals surface area contributed by atoms with E-state index in [4.69, 9.17) is 0 Å². The van der Waals surface area contributed by atoms with Gasteiger partial charge in [-0.3, -0.25) is 0 Å². The second-order valence-electron chi connectivity index (χ2n) is 3.05. The molecule has 1 aliphatic rings. The summed E-state index contributed by atoms with van der Waals surface area (Å²) < 4.78 is 0.961. The van der Waals surface area contributed by atoms with Crippen LogP contribution in [-0.2, 0) is 0 Å². The predicted octanol–water partition coefficient (Wildman–Crippen LogP) is 1.19. The Morgan fingerprint density at radius 1 is 1.64 bits per heavy atom. The molecule has 0 aliphatic carbocycles. The van der Waals surface area contributed by atoms with Crippen molar-refractivity contribution in [3.05, 3.63) is 0 Å². The van der Waals surface area contributed by atoms with E-state index in [9.17, 15) is 0 Å². The average Bonchev–Trinajstić information content (AvgIpc) is 2.37. The van der Waals surface area contributed by atoms with Crippen molar-refractivity contribution < 1.29 is 0 Å². The number of rotatable bonds is 3. The van der Waals surface area contributed by atoms with Gasteiger partial charge in [0.1, 0.15) is 0 Å². The quantitative estimate of drug-likeness (QED) is 0.603. The Morgan fingerprint density at radius 2 is 2.36 bits per heavy atom. The zero-order valence-electron chi connectivity index (χ0n) is 7.52. The zero-order valence-corrected chi connectivity index (χ0v) is 9.68. The molecule has 1 rings (SSSR count). The molecule has 0 aromatic heterocycles. The maximum atomic E-state index is 4.52. The fourth-order valence-electron chi connectivity index (χ4n) is 1.24. The van der Waals surface area contributed by atoms with Gasteiger partial charge in [-0.25, -0.2) is 0 Å². The van der Waals surface area contributed by atoms with E-state index in [0.717, 1.165) is 17.0 Å². The molecule has 3 heteroatoms. The molecule has 1 unspecified atom stereocenters. The van der Waals surface area contributed by atoms with Crippen LogP contribution in [0.4, 0.5) is 0 Å². The fraction of sp³-hybridized carbons (Fsp3) is 0.875. The summed E-state index contributed by atoms with van der Waals surface area (Å²) in [5, 5.41) is 3.16. The van der Waals surface area contributed by atoms with Crippen LogP contribution in [0.5, 0.6) is 0 Å². The van der Waals surface area contributed by atoms with Crippen molar-refractivity contribution in [2.45, 2.75) is 10.3 Å². The molecular formula is C8H17IN2. The molecule has 2 nitrogen and oxygen atoms in total. The molecule has 1 atom stereocenters. The van der Waals surface area contributed by atoms with E-state index in [1.54, 1.807) is 0 Å². The molecule has 1 heterocycles. The molecule has 0 fully saturated rings. The average molecular weight is 268 g/mol. The van der Waals surface area contributed by atoms with Gasteiger partial charge in [0.25, 0.3) is 0 Å². The van der Waals surface area contributed by atoms with E-state index < -0.39 is 19.8 Å². The molecule has 1 N–H and O–H groups in total. The first-order valence-corrected chi connectivity index (χ1v) is 9.45. The van der Waals surface area contributed by atoms with Crippen LogP contribution >= 0.6 is 19.8 Å². The van der Waals surface area contributed by atoms with E-state index in [1.807, 2.05) is 7.05 Å². The van der Waals surface area contributed by atoms with E-state index in [0.29, 0.717) is 0 Å². The van der Waals surface area contributed by atoms with Crippen molar-refractivity contribution >= 4 is 25.5 Å². The van der Waals surface area contributed by atoms with Gasteiger partial charge in [-0.05, 0) is 0 Å². The molecule has 0 amide bonds. The van der Waals surface area contributed by atoms with E-state index in [1.165, 1.54) is 12.1 Å². The molecule has 0 spiro atoms. The predicted molar refractivity (Wildman–Crippen MR) is 60.5 cm³/mol. The molecule has 0 radical (unpaired) electrons. The van der Waals surface area contributed by atoms with E-state index >= 15 is 0 Å². The van der Waals surface area contributed by atoms with Crippen LogP contribution in [-0.4, -0.2) is 39.6 Å². The first-order chi connectivity index (χ1) is 5.24. The van der Waals surface area contributed by atoms with Crippen LogP contribution in [0.25, 0.3) is 0 Å². The van der Waals surface area contributed by atoms with Crippen molar-refractivity contribution in [1.82, 2.24) is 5.32 Å². The van der Waals surface area contributed by atoms with Gasteiger partial charge in [-0.15, -0.1) is 0 Å². The number of nitrogens with one attached hydrogen (secondary N) is 1. The van der Waals surface area contributed by atoms with Crippen molar-refractivity contribution in [2.24, 2.45) is 4.99 Å². The Balaban J connectivity index is 2.31. The third kappa shape index (κ3) is 2.71. The molecule has 66 valence electrons. The van der Waals surface area contributed by atoms with E-state index in [-0.39, 0.29) is 0 Å². The summed E-state index contributed by atoms with van der Waals surface area (Å²) in [6, 6.07) is 0. The molecule has 0 saturated heterocycles. The van der Waals surface area contributed by atoms with Gasteiger partial charge < -0.3 is 0 Å². The number of hydrogen-bond acceptors (Lipinski definition) is 2. The van der Waals surface area contributed by atoms with Crippen LogP contribution in [0.3, 0.4) is 0 Å². The third-order valence-corrected chi connectivity index (χ3v) is 6.33. The van der Waals surface area contributed by atoms with Crippen LogP contribution in [0.2, 0.25) is 0 Å². The van der Waals surface area contributed by atoms with Crippen molar-refractivity contribution in [3.63, 3.8) is 0 Å². The molecular weight excluding hydrogens is 251 g/mol. The summed E-state index contributed by atoms with van der Waals surface area (Å²) in [5.74, 6) is 0. The zero-order chi connectivity index (χ0) is 8.27. The summed E-state index contributed by atoms with van der Waals surface area (Å²) in [7, 11) is 1.99. The topological polar surface area (TPSA) is 24.4 Å². The van der Waals surface area contributed by atoms with Gasteiger partial charge in [0, 0.05) is 0 Å². The first kappa shape index (κ1) is 9.45. The number of alkyl halides is 3. The van der Waals surface area contributed by atoms with Crippen molar-refractivity contribution in [3.8, 4) is 0 Å². The molecule has 0 aromatic rings. The second kappa shape index (κ2) is 4.40. The standard InChI is InChI=1S/C8H17IN2/c1-9(2)7-4-8(6-10-3)11-5-7/h7,10H,4-6H2,1-3H3. The molecule has 0 aromatic carbocycles. The van der Waals surface area contributed by atoms with Crippen LogP contribution in [0.1, 0.15) is 6.42 Å². The Morgan fingerprint density at radius 3 is 2.82 bits per heavy atom. The Kier molecular flexibility index (Phi) is 3.78. The van der Waals surface area contributed by atoms with Crippen LogP contribution < -0.4 is 5.32 Å². The van der Waals surface area contributed by atoms with Crippen LogP contribution in [0.15, 0.2) is 4.99 Å². The summed E-state index contributed by atoms with van der Waals surface area (Å²) in [4.78, 5) is 9.40. The van der Waals surface area contributed by atoms with E-state index in [2.05, 4.69) is 20.2 Å². The molecule has 0 saturated carbocycles. The van der Waals surface area contributed by atoms with Crippen LogP contribution in [0, 0.1) is 0 Å². The normalized spacial score (nSPS) is 25.2. The van der Waals surface area contributed by atoms with Gasteiger partial charge >= 0.3 is 76.2 Å². The van der Waals surface area contributed by atoms with Gasteiger partial charge in [0.05, 0.1) is 0 Å². The number of aliphatic imine (C=N–C) groups is 1. The monoisotopic (exact) mass is 268 g/mol. The number of halogens is 1. The molecule has 0 bridgehead atoms. The van der Waals surface area contributed by atoms with Gasteiger partial charge in [-0.2, -0.15) is 0 Å². The summed E-state index contributed by atoms with van der Waals surface area (Å²) >= 11 is -0.584. The molecule has 11 heavy (non-hydrogen) atoms. The van der Waals surface area contributed by atoms with Gasteiger partial charge in [0.2, 0.25) is 0 Å². The first-order valence-electron chi connectivity index (χ1n) is 3.89. The summed E-state index contributed by atoms with van der Waals surface area (Å²) in [6.45, 7) is 2.12. The SMILES string of the molecule is CNCC1=NCC(I(C)C)C1. The molecule has 1 aliphatic heterocycles. The Hall–Kier alpha value is 0.360. The Labute approximate surface area is 76.2 Å². The maximum absolute atomic E-state index is 4.52. The van der Waals surface area contributed by atoms with Crippen molar-refractivity contribution in [2.75, 3.05) is 30.0 Å². The number of nitrogens with zero attached hydrogens (tertiary/aromatic N) is 1. The third-order valence-electron chi connectivity index (χ3n) is 1.97.